The summed E-state index contributed by atoms with van der Waals surface area (Å²) in [7, 11) is -0.882. The van der Waals surface area contributed by atoms with Crippen LogP contribution in [0.3, 0.4) is 0 Å². The molecule has 3 aromatic rings. The molecular formula is C26H25N3O5S. The first-order valence-electron chi connectivity index (χ1n) is 11.0. The number of hydrogen-bond acceptors (Lipinski definition) is 5. The molecule has 0 saturated heterocycles. The molecule has 0 aliphatic carbocycles. The zero-order valence-corrected chi connectivity index (χ0v) is 20.4. The summed E-state index contributed by atoms with van der Waals surface area (Å²) in [5, 5.41) is 2.76. The van der Waals surface area contributed by atoms with E-state index in [0.29, 0.717) is 5.56 Å². The quantitative estimate of drug-likeness (QED) is 0.512. The van der Waals surface area contributed by atoms with Crippen LogP contribution in [0.2, 0.25) is 0 Å². The number of nitrogens with one attached hydrogen (secondary N) is 1. The highest BCUT2D eigenvalue weighted by molar-refractivity contribution is 7.89. The van der Waals surface area contributed by atoms with E-state index in [1.807, 2.05) is 30.3 Å². The maximum absolute atomic E-state index is 13.6. The number of sulfonamides is 1. The molecule has 0 aromatic heterocycles. The molecule has 1 N–H and O–H groups in total. The van der Waals surface area contributed by atoms with Crippen LogP contribution >= 0.6 is 0 Å². The van der Waals surface area contributed by atoms with Gasteiger partial charge in [0, 0.05) is 26.2 Å². The number of anilines is 1. The third kappa shape index (κ3) is 4.60. The summed E-state index contributed by atoms with van der Waals surface area (Å²) in [5.41, 5.74) is 2.19. The molecule has 1 aliphatic heterocycles. The molecule has 180 valence electrons. The van der Waals surface area contributed by atoms with E-state index in [0.717, 1.165) is 14.8 Å². The lowest BCUT2D eigenvalue weighted by Gasteiger charge is -2.26. The largest absolute Gasteiger partial charge is 0.324 e. The predicted molar refractivity (Wildman–Crippen MR) is 132 cm³/mol. The summed E-state index contributed by atoms with van der Waals surface area (Å²) < 4.78 is 26.3. The zero-order valence-electron chi connectivity index (χ0n) is 19.6. The topological polar surface area (TPSA) is 104 Å². The molecule has 0 bridgehead atoms. The molecule has 0 saturated carbocycles. The Kier molecular flexibility index (Phi) is 6.56. The number of amides is 3. The Morgan fingerprint density at radius 2 is 1.49 bits per heavy atom. The molecule has 0 unspecified atom stereocenters. The van der Waals surface area contributed by atoms with Crippen LogP contribution in [0, 0.1) is 6.92 Å². The van der Waals surface area contributed by atoms with E-state index in [-0.39, 0.29) is 28.1 Å². The number of imide groups is 1. The van der Waals surface area contributed by atoms with Crippen molar-refractivity contribution in [3.05, 3.63) is 95.1 Å². The molecule has 0 fully saturated rings. The van der Waals surface area contributed by atoms with Gasteiger partial charge < -0.3 is 5.32 Å². The number of carbonyl (C=O) groups is 3. The Hall–Kier alpha value is -3.82. The van der Waals surface area contributed by atoms with Gasteiger partial charge in [-0.1, -0.05) is 48.5 Å². The number of rotatable bonds is 7. The van der Waals surface area contributed by atoms with Crippen molar-refractivity contribution in [2.75, 3.05) is 19.4 Å². The van der Waals surface area contributed by atoms with Crippen molar-refractivity contribution >= 4 is 33.4 Å². The Morgan fingerprint density at radius 3 is 2.06 bits per heavy atom. The first kappa shape index (κ1) is 24.3. The molecule has 4 rings (SSSR count). The summed E-state index contributed by atoms with van der Waals surface area (Å²) in [6, 6.07) is 18.8. The van der Waals surface area contributed by atoms with Crippen LogP contribution in [0.15, 0.2) is 77.7 Å². The summed E-state index contributed by atoms with van der Waals surface area (Å²) in [5.74, 6) is -1.67. The van der Waals surface area contributed by atoms with Crippen LogP contribution in [-0.4, -0.2) is 55.5 Å². The molecular weight excluding hydrogens is 466 g/mol. The number of fused-ring (bicyclic) bond motifs is 1. The molecule has 1 aliphatic rings. The number of benzene rings is 3. The summed E-state index contributed by atoms with van der Waals surface area (Å²) in [4.78, 5) is 40.9. The van der Waals surface area contributed by atoms with Gasteiger partial charge >= 0.3 is 0 Å². The van der Waals surface area contributed by atoms with Gasteiger partial charge in [-0.25, -0.2) is 12.7 Å². The Labute approximate surface area is 204 Å². The normalized spacial score (nSPS) is 14.2. The van der Waals surface area contributed by atoms with E-state index in [2.05, 4.69) is 5.32 Å². The first-order chi connectivity index (χ1) is 16.6. The van der Waals surface area contributed by atoms with Gasteiger partial charge in [-0.3, -0.25) is 19.3 Å². The molecule has 1 heterocycles. The van der Waals surface area contributed by atoms with Gasteiger partial charge in [0.1, 0.15) is 6.04 Å². The van der Waals surface area contributed by atoms with Gasteiger partial charge in [-0.2, -0.15) is 0 Å². The second-order valence-corrected chi connectivity index (χ2v) is 10.6. The minimum Gasteiger partial charge on any atom is -0.324 e. The van der Waals surface area contributed by atoms with E-state index < -0.39 is 33.8 Å². The van der Waals surface area contributed by atoms with Gasteiger partial charge in [-0.05, 0) is 42.3 Å². The Balaban J connectivity index is 1.71. The van der Waals surface area contributed by atoms with Gasteiger partial charge in [-0.15, -0.1) is 0 Å². The summed E-state index contributed by atoms with van der Waals surface area (Å²) >= 11 is 0. The zero-order chi connectivity index (χ0) is 25.3. The van der Waals surface area contributed by atoms with Gasteiger partial charge in [0.25, 0.3) is 11.8 Å². The molecule has 0 radical (unpaired) electrons. The number of aryl methyl sites for hydroxylation is 1. The van der Waals surface area contributed by atoms with E-state index in [1.165, 1.54) is 26.2 Å². The lowest BCUT2D eigenvalue weighted by Crippen LogP contribution is -2.48. The average Bonchev–Trinajstić information content (AvgIpc) is 3.09. The fourth-order valence-electron chi connectivity index (χ4n) is 3.95. The minimum atomic E-state index is -3.73. The van der Waals surface area contributed by atoms with E-state index >= 15 is 0 Å². The molecule has 9 heteroatoms. The van der Waals surface area contributed by atoms with Crippen molar-refractivity contribution in [3.63, 3.8) is 0 Å². The Morgan fingerprint density at radius 1 is 0.914 bits per heavy atom. The van der Waals surface area contributed by atoms with Crippen LogP contribution in [0.4, 0.5) is 5.69 Å². The minimum absolute atomic E-state index is 0.0174. The molecule has 3 aromatic carbocycles. The first-order valence-corrected chi connectivity index (χ1v) is 12.4. The summed E-state index contributed by atoms with van der Waals surface area (Å²) in [6.45, 7) is 1.73. The van der Waals surface area contributed by atoms with Gasteiger partial charge in [0.15, 0.2) is 0 Å². The van der Waals surface area contributed by atoms with Crippen LogP contribution in [0.5, 0.6) is 0 Å². The standard InChI is InChI=1S/C26H25N3O5S/c1-17-13-14-19(35(33,34)28(2)3)16-22(17)27-24(30)23(15-18-9-5-4-6-10-18)29-25(31)20-11-7-8-12-21(20)26(29)32/h4-14,16,23H,15H2,1-3H3,(H,27,30)/t23-/m1/s1. The van der Waals surface area contributed by atoms with Crippen molar-refractivity contribution < 1.29 is 22.8 Å². The van der Waals surface area contributed by atoms with Crippen molar-refractivity contribution in [1.29, 1.82) is 0 Å². The number of nitrogens with zero attached hydrogens (tertiary/aromatic N) is 2. The third-order valence-corrected chi connectivity index (χ3v) is 7.77. The van der Waals surface area contributed by atoms with E-state index in [9.17, 15) is 22.8 Å². The molecule has 0 spiro atoms. The highest BCUT2D eigenvalue weighted by Crippen LogP contribution is 2.28. The van der Waals surface area contributed by atoms with Crippen LogP contribution in [0.1, 0.15) is 31.8 Å². The highest BCUT2D eigenvalue weighted by Gasteiger charge is 2.42. The van der Waals surface area contributed by atoms with Crippen molar-refractivity contribution in [1.82, 2.24) is 9.21 Å². The van der Waals surface area contributed by atoms with Crippen molar-refractivity contribution in [3.8, 4) is 0 Å². The molecule has 1 atom stereocenters. The fraction of sp³-hybridized carbons (Fsp3) is 0.192. The molecule has 3 amide bonds. The van der Waals surface area contributed by atoms with Gasteiger partial charge in [0.05, 0.1) is 16.0 Å². The maximum Gasteiger partial charge on any atom is 0.262 e. The number of hydrogen-bond donors (Lipinski definition) is 1. The predicted octanol–water partition coefficient (Wildman–Crippen LogP) is 3.09. The van der Waals surface area contributed by atoms with E-state index in [4.69, 9.17) is 0 Å². The van der Waals surface area contributed by atoms with E-state index in [1.54, 1.807) is 37.3 Å². The highest BCUT2D eigenvalue weighted by atomic mass is 32.2. The molecule has 8 nitrogen and oxygen atoms in total. The second-order valence-electron chi connectivity index (χ2n) is 8.48. The fourth-order valence-corrected chi connectivity index (χ4v) is 4.88. The SMILES string of the molecule is Cc1ccc(S(=O)(=O)N(C)C)cc1NC(=O)[C@@H](Cc1ccccc1)N1C(=O)c2ccccc2C1=O. The van der Waals surface area contributed by atoms with Crippen LogP contribution < -0.4 is 5.32 Å². The lowest BCUT2D eigenvalue weighted by molar-refractivity contribution is -0.119. The number of carbonyl (C=O) groups excluding carboxylic acids is 3. The molecule has 35 heavy (non-hydrogen) atoms. The van der Waals surface area contributed by atoms with Crippen molar-refractivity contribution in [2.24, 2.45) is 0 Å². The maximum atomic E-state index is 13.6. The van der Waals surface area contributed by atoms with Crippen molar-refractivity contribution in [2.45, 2.75) is 24.3 Å². The smallest absolute Gasteiger partial charge is 0.262 e. The monoisotopic (exact) mass is 491 g/mol. The van der Waals surface area contributed by atoms with Crippen LogP contribution in [-0.2, 0) is 21.2 Å². The Bertz CT molecular complexity index is 1380. The van der Waals surface area contributed by atoms with Crippen LogP contribution in [0.25, 0.3) is 0 Å². The summed E-state index contributed by atoms with van der Waals surface area (Å²) in [6.07, 6.45) is 0.104. The van der Waals surface area contributed by atoms with Gasteiger partial charge in [0.2, 0.25) is 15.9 Å². The second kappa shape index (κ2) is 9.44. The third-order valence-electron chi connectivity index (χ3n) is 5.96. The lowest BCUT2D eigenvalue weighted by atomic mass is 10.0. The average molecular weight is 492 g/mol.